The van der Waals surface area contributed by atoms with Gasteiger partial charge in [-0.3, -0.25) is 0 Å². The lowest BCUT2D eigenvalue weighted by atomic mass is 10.3. The van der Waals surface area contributed by atoms with Gasteiger partial charge in [0.25, 0.3) is 0 Å². The van der Waals surface area contributed by atoms with Crippen molar-refractivity contribution < 1.29 is 17.3 Å². The molecule has 0 atom stereocenters. The maximum atomic E-state index is 12.9. The summed E-state index contributed by atoms with van der Waals surface area (Å²) < 4.78 is 44.3. The minimum absolute atomic E-state index is 0.00346. The van der Waals surface area contributed by atoms with Gasteiger partial charge in [-0.25, -0.2) is 17.5 Å². The summed E-state index contributed by atoms with van der Waals surface area (Å²) in [5, 5.41) is 3.68. The van der Waals surface area contributed by atoms with Crippen molar-refractivity contribution in [3.05, 3.63) is 46.0 Å². The number of halogens is 2. The van der Waals surface area contributed by atoms with E-state index in [0.717, 1.165) is 12.1 Å². The minimum Gasteiger partial charge on any atom is -0.361 e. The van der Waals surface area contributed by atoms with Crippen molar-refractivity contribution in [3.8, 4) is 0 Å². The highest BCUT2D eigenvalue weighted by Gasteiger charge is 2.18. The fraction of sp³-hybridized carbons (Fsp3) is 0.182. The van der Waals surface area contributed by atoms with Crippen LogP contribution >= 0.6 is 15.9 Å². The number of nitrogens with zero attached hydrogens (tertiary/aromatic N) is 1. The van der Waals surface area contributed by atoms with E-state index in [1.165, 1.54) is 6.07 Å². The van der Waals surface area contributed by atoms with Crippen molar-refractivity contribution in [1.82, 2.24) is 9.88 Å². The smallest absolute Gasteiger partial charge is 0.242 e. The van der Waals surface area contributed by atoms with Crippen LogP contribution < -0.4 is 4.72 Å². The van der Waals surface area contributed by atoms with Crippen LogP contribution in [0.15, 0.2) is 38.2 Å². The first kappa shape index (κ1) is 14.2. The first-order valence-corrected chi connectivity index (χ1v) is 7.53. The molecule has 1 N–H and O–H groups in total. The number of hydrogen-bond acceptors (Lipinski definition) is 4. The molecule has 0 bridgehead atoms. The molecule has 0 radical (unpaired) electrons. The third kappa shape index (κ3) is 3.40. The van der Waals surface area contributed by atoms with E-state index in [1.807, 2.05) is 0 Å². The van der Waals surface area contributed by atoms with Crippen molar-refractivity contribution in [2.45, 2.75) is 18.4 Å². The second kappa shape index (κ2) is 5.40. The fourth-order valence-electron chi connectivity index (χ4n) is 1.44. The molecular formula is C11H10BrFN2O3S. The van der Waals surface area contributed by atoms with Gasteiger partial charge in [-0.15, -0.1) is 0 Å². The molecule has 19 heavy (non-hydrogen) atoms. The molecule has 0 saturated heterocycles. The third-order valence-electron chi connectivity index (χ3n) is 2.30. The lowest BCUT2D eigenvalue weighted by Gasteiger charge is -2.07. The molecule has 0 unspecified atom stereocenters. The van der Waals surface area contributed by atoms with Gasteiger partial charge < -0.3 is 4.52 Å². The summed E-state index contributed by atoms with van der Waals surface area (Å²) in [6.07, 6.45) is 0. The molecule has 1 aromatic heterocycles. The third-order valence-corrected chi connectivity index (χ3v) is 4.68. The van der Waals surface area contributed by atoms with Crippen LogP contribution in [0.25, 0.3) is 0 Å². The highest BCUT2D eigenvalue weighted by Crippen LogP contribution is 2.22. The average molecular weight is 349 g/mol. The van der Waals surface area contributed by atoms with Crippen LogP contribution in [-0.4, -0.2) is 13.6 Å². The predicted octanol–water partition coefficient (Wildman–Crippen LogP) is 2.36. The van der Waals surface area contributed by atoms with Crippen molar-refractivity contribution in [2.24, 2.45) is 0 Å². The van der Waals surface area contributed by atoms with Crippen LogP contribution in [-0.2, 0) is 16.6 Å². The molecule has 8 heteroatoms. The number of sulfonamides is 1. The Morgan fingerprint density at radius 2 is 2.16 bits per heavy atom. The summed E-state index contributed by atoms with van der Waals surface area (Å²) in [5.74, 6) is 0.0788. The summed E-state index contributed by atoms with van der Waals surface area (Å²) >= 11 is 3.02. The molecule has 0 saturated carbocycles. The summed E-state index contributed by atoms with van der Waals surface area (Å²) in [5.41, 5.74) is 0.472. The quantitative estimate of drug-likeness (QED) is 0.920. The van der Waals surface area contributed by atoms with Crippen molar-refractivity contribution in [3.63, 3.8) is 0 Å². The molecule has 0 aliphatic carbocycles. The Kier molecular flexibility index (Phi) is 4.02. The molecule has 0 amide bonds. The van der Waals surface area contributed by atoms with Gasteiger partial charge in [0.15, 0.2) is 0 Å². The van der Waals surface area contributed by atoms with Crippen molar-refractivity contribution >= 4 is 26.0 Å². The Bertz CT molecular complexity index is 700. The molecular weight excluding hydrogens is 339 g/mol. The van der Waals surface area contributed by atoms with Gasteiger partial charge in [-0.1, -0.05) is 5.16 Å². The molecule has 1 heterocycles. The van der Waals surface area contributed by atoms with Crippen molar-refractivity contribution in [2.75, 3.05) is 0 Å². The van der Waals surface area contributed by atoms with E-state index in [-0.39, 0.29) is 15.9 Å². The molecule has 2 aromatic rings. The Hall–Kier alpha value is -1.25. The lowest BCUT2D eigenvalue weighted by Crippen LogP contribution is -2.23. The largest absolute Gasteiger partial charge is 0.361 e. The number of aryl methyl sites for hydroxylation is 1. The normalized spacial score (nSPS) is 11.7. The first-order valence-electron chi connectivity index (χ1n) is 5.25. The first-order chi connectivity index (χ1) is 8.88. The van der Waals surface area contributed by atoms with Crippen molar-refractivity contribution in [1.29, 1.82) is 0 Å². The van der Waals surface area contributed by atoms with E-state index < -0.39 is 15.8 Å². The van der Waals surface area contributed by atoms with Crippen LogP contribution in [0, 0.1) is 12.7 Å². The van der Waals surface area contributed by atoms with Gasteiger partial charge in [0.2, 0.25) is 10.0 Å². The summed E-state index contributed by atoms with van der Waals surface area (Å²) in [6.45, 7) is 1.71. The van der Waals surface area contributed by atoms with E-state index in [9.17, 15) is 12.8 Å². The van der Waals surface area contributed by atoms with Crippen LogP contribution in [0.5, 0.6) is 0 Å². The lowest BCUT2D eigenvalue weighted by molar-refractivity contribution is 0.390. The average Bonchev–Trinajstić information content (AvgIpc) is 2.72. The number of aromatic nitrogens is 1. The van der Waals surface area contributed by atoms with Crippen LogP contribution in [0.4, 0.5) is 4.39 Å². The molecule has 102 valence electrons. The van der Waals surface area contributed by atoms with Gasteiger partial charge >= 0.3 is 0 Å². The van der Waals surface area contributed by atoms with E-state index in [1.54, 1.807) is 13.0 Å². The molecule has 5 nitrogen and oxygen atoms in total. The molecule has 0 spiro atoms. The molecule has 0 fully saturated rings. The summed E-state index contributed by atoms with van der Waals surface area (Å²) in [6, 6.07) is 4.99. The second-order valence-corrected chi connectivity index (χ2v) is 6.42. The van der Waals surface area contributed by atoms with E-state index >= 15 is 0 Å². The van der Waals surface area contributed by atoms with E-state index in [4.69, 9.17) is 4.52 Å². The Balaban J connectivity index is 2.18. The van der Waals surface area contributed by atoms with E-state index in [2.05, 4.69) is 25.8 Å². The maximum Gasteiger partial charge on any atom is 0.242 e. The maximum absolute atomic E-state index is 12.9. The van der Waals surface area contributed by atoms with Crippen LogP contribution in [0.2, 0.25) is 0 Å². The Morgan fingerprint density at radius 3 is 2.74 bits per heavy atom. The second-order valence-electron chi connectivity index (χ2n) is 3.83. The van der Waals surface area contributed by atoms with Gasteiger partial charge in [0, 0.05) is 10.5 Å². The number of benzene rings is 1. The highest BCUT2D eigenvalue weighted by molar-refractivity contribution is 9.10. The zero-order chi connectivity index (χ0) is 14.0. The fourth-order valence-corrected chi connectivity index (χ4v) is 3.49. The Morgan fingerprint density at radius 1 is 1.42 bits per heavy atom. The molecule has 2 rings (SSSR count). The topological polar surface area (TPSA) is 72.2 Å². The van der Waals surface area contributed by atoms with Gasteiger partial charge in [-0.05, 0) is 41.1 Å². The van der Waals surface area contributed by atoms with E-state index in [0.29, 0.717) is 11.5 Å². The SMILES string of the molecule is Cc1cc(CNS(=O)(=O)c2ccc(F)cc2Br)no1. The summed E-state index contributed by atoms with van der Waals surface area (Å²) in [4.78, 5) is -0.0332. The number of rotatable bonds is 4. The Labute approximate surface area is 118 Å². The van der Waals surface area contributed by atoms with Crippen LogP contribution in [0.3, 0.4) is 0 Å². The molecule has 0 aliphatic heterocycles. The zero-order valence-electron chi connectivity index (χ0n) is 9.85. The van der Waals surface area contributed by atoms with Gasteiger partial charge in [0.05, 0.1) is 17.1 Å². The molecule has 0 aliphatic rings. The number of hydrogen-bond donors (Lipinski definition) is 1. The minimum atomic E-state index is -3.74. The number of nitrogens with one attached hydrogen (secondary N) is 1. The predicted molar refractivity (Wildman–Crippen MR) is 69.4 cm³/mol. The standard InChI is InChI=1S/C11H10BrFN2O3S/c1-7-4-9(15-18-7)6-14-19(16,17)11-3-2-8(13)5-10(11)12/h2-5,14H,6H2,1H3. The van der Waals surface area contributed by atoms with Gasteiger partial charge in [-0.2, -0.15) is 0 Å². The highest BCUT2D eigenvalue weighted by atomic mass is 79.9. The van der Waals surface area contributed by atoms with Gasteiger partial charge in [0.1, 0.15) is 11.6 Å². The van der Waals surface area contributed by atoms with Crippen LogP contribution in [0.1, 0.15) is 11.5 Å². The molecule has 1 aromatic carbocycles. The monoisotopic (exact) mass is 348 g/mol. The summed E-state index contributed by atoms with van der Waals surface area (Å²) in [7, 11) is -3.74. The zero-order valence-corrected chi connectivity index (χ0v) is 12.3.